The number of benzene rings is 2. The quantitative estimate of drug-likeness (QED) is 0.833. The fourth-order valence-electron chi connectivity index (χ4n) is 1.72. The van der Waals surface area contributed by atoms with Gasteiger partial charge in [0.2, 0.25) is 0 Å². The summed E-state index contributed by atoms with van der Waals surface area (Å²) < 4.78 is 0. The summed E-state index contributed by atoms with van der Waals surface area (Å²) in [5, 5.41) is 0. The van der Waals surface area contributed by atoms with E-state index in [4.69, 9.17) is 4.84 Å². The molecule has 0 aliphatic rings. The summed E-state index contributed by atoms with van der Waals surface area (Å²) in [7, 11) is 0. The third-order valence-corrected chi connectivity index (χ3v) is 2.81. The molecular formula is C16H17NO2. The molecule has 3 heteroatoms. The summed E-state index contributed by atoms with van der Waals surface area (Å²) in [6.45, 7) is 2.28. The molecule has 0 radical (unpaired) electrons. The Morgan fingerprint density at radius 2 is 1.63 bits per heavy atom. The predicted octanol–water partition coefficient (Wildman–Crippen LogP) is 3.31. The molecule has 19 heavy (non-hydrogen) atoms. The first-order chi connectivity index (χ1) is 9.29. The lowest BCUT2D eigenvalue weighted by molar-refractivity contribution is -0.151. The first-order valence-electron chi connectivity index (χ1n) is 6.36. The van der Waals surface area contributed by atoms with Gasteiger partial charge in [0.1, 0.15) is 0 Å². The molecule has 0 heterocycles. The highest BCUT2D eigenvalue weighted by Crippen LogP contribution is 2.19. The average Bonchev–Trinajstić information content (AvgIpc) is 2.48. The van der Waals surface area contributed by atoms with Crippen LogP contribution in [0.5, 0.6) is 0 Å². The lowest BCUT2D eigenvalue weighted by Gasteiger charge is -2.06. The van der Waals surface area contributed by atoms with Gasteiger partial charge < -0.3 is 4.84 Å². The van der Waals surface area contributed by atoms with E-state index in [1.807, 2.05) is 30.3 Å². The van der Waals surface area contributed by atoms with E-state index < -0.39 is 0 Å². The maximum atomic E-state index is 11.0. The minimum absolute atomic E-state index is 0.249. The second-order valence-corrected chi connectivity index (χ2v) is 4.21. The minimum Gasteiger partial charge on any atom is -0.370 e. The Kier molecular flexibility index (Phi) is 4.70. The highest BCUT2D eigenvalue weighted by atomic mass is 16.7. The molecule has 2 aromatic carbocycles. The van der Waals surface area contributed by atoms with Crippen LogP contribution in [0.3, 0.4) is 0 Å². The number of nitrogens with one attached hydrogen (secondary N) is 1. The van der Waals surface area contributed by atoms with Gasteiger partial charge in [0.15, 0.2) is 0 Å². The van der Waals surface area contributed by atoms with E-state index >= 15 is 0 Å². The van der Waals surface area contributed by atoms with E-state index in [-0.39, 0.29) is 5.97 Å². The fraction of sp³-hybridized carbons (Fsp3) is 0.188. The second kappa shape index (κ2) is 6.71. The highest BCUT2D eigenvalue weighted by Gasteiger charge is 2.00. The number of rotatable bonds is 5. The molecule has 0 fully saturated rings. The molecule has 0 bridgehead atoms. The summed E-state index contributed by atoms with van der Waals surface area (Å²) in [5.74, 6) is -0.249. The van der Waals surface area contributed by atoms with E-state index in [9.17, 15) is 4.79 Å². The van der Waals surface area contributed by atoms with Gasteiger partial charge in [-0.25, -0.2) is 0 Å². The Hall–Kier alpha value is -2.13. The molecule has 0 unspecified atom stereocenters. The minimum atomic E-state index is -0.249. The lowest BCUT2D eigenvalue weighted by Crippen LogP contribution is -2.18. The second-order valence-electron chi connectivity index (χ2n) is 4.21. The van der Waals surface area contributed by atoms with E-state index in [0.717, 1.165) is 5.56 Å². The standard InChI is InChI=1S/C16H17NO2/c1-2-16(18)19-17-12-13-8-10-15(11-9-13)14-6-4-3-5-7-14/h3-11,17H,2,12H2,1H3. The van der Waals surface area contributed by atoms with Crippen molar-refractivity contribution in [1.29, 1.82) is 0 Å². The molecule has 0 atom stereocenters. The van der Waals surface area contributed by atoms with E-state index in [0.29, 0.717) is 13.0 Å². The lowest BCUT2D eigenvalue weighted by atomic mass is 10.0. The molecule has 0 aromatic heterocycles. The molecule has 2 aromatic rings. The third kappa shape index (κ3) is 3.93. The van der Waals surface area contributed by atoms with Crippen LogP contribution >= 0.6 is 0 Å². The first-order valence-corrected chi connectivity index (χ1v) is 6.36. The van der Waals surface area contributed by atoms with Crippen molar-refractivity contribution in [2.75, 3.05) is 0 Å². The molecule has 98 valence electrons. The number of carbonyl (C=O) groups is 1. The van der Waals surface area contributed by atoms with Gasteiger partial charge in [0.05, 0.1) is 6.54 Å². The van der Waals surface area contributed by atoms with Crippen molar-refractivity contribution in [3.05, 3.63) is 60.2 Å². The van der Waals surface area contributed by atoms with Crippen LogP contribution in [0, 0.1) is 0 Å². The van der Waals surface area contributed by atoms with Crippen molar-refractivity contribution in [1.82, 2.24) is 5.48 Å². The van der Waals surface area contributed by atoms with Crippen LogP contribution in [0.15, 0.2) is 54.6 Å². The molecule has 0 aliphatic carbocycles. The molecule has 0 amide bonds. The van der Waals surface area contributed by atoms with Crippen molar-refractivity contribution in [2.45, 2.75) is 19.9 Å². The van der Waals surface area contributed by atoms with E-state index in [1.54, 1.807) is 6.92 Å². The molecule has 0 aliphatic heterocycles. The number of hydroxylamine groups is 1. The Balaban J connectivity index is 1.94. The van der Waals surface area contributed by atoms with E-state index in [1.165, 1.54) is 11.1 Å². The third-order valence-electron chi connectivity index (χ3n) is 2.81. The van der Waals surface area contributed by atoms with E-state index in [2.05, 4.69) is 29.7 Å². The van der Waals surface area contributed by atoms with Gasteiger partial charge in [-0.1, -0.05) is 61.5 Å². The van der Waals surface area contributed by atoms with Crippen LogP contribution in [0.25, 0.3) is 11.1 Å². The van der Waals surface area contributed by atoms with Crippen LogP contribution < -0.4 is 5.48 Å². The maximum Gasteiger partial charge on any atom is 0.324 e. The highest BCUT2D eigenvalue weighted by molar-refractivity contribution is 5.68. The zero-order chi connectivity index (χ0) is 13.5. The van der Waals surface area contributed by atoms with Gasteiger partial charge in [-0.15, -0.1) is 5.48 Å². The van der Waals surface area contributed by atoms with Crippen molar-refractivity contribution < 1.29 is 9.63 Å². The van der Waals surface area contributed by atoms with Gasteiger partial charge in [-0.05, 0) is 16.7 Å². The van der Waals surface area contributed by atoms with Crippen LogP contribution in [0.4, 0.5) is 0 Å². The van der Waals surface area contributed by atoms with Gasteiger partial charge in [0.25, 0.3) is 0 Å². The first kappa shape index (κ1) is 13.3. The zero-order valence-corrected chi connectivity index (χ0v) is 10.9. The van der Waals surface area contributed by atoms with Crippen molar-refractivity contribution in [3.63, 3.8) is 0 Å². The molecule has 1 N–H and O–H groups in total. The monoisotopic (exact) mass is 255 g/mol. The van der Waals surface area contributed by atoms with Crippen molar-refractivity contribution >= 4 is 5.97 Å². The fourth-order valence-corrected chi connectivity index (χ4v) is 1.72. The van der Waals surface area contributed by atoms with Crippen LogP contribution in [0.1, 0.15) is 18.9 Å². The van der Waals surface area contributed by atoms with Crippen molar-refractivity contribution in [2.24, 2.45) is 0 Å². The Morgan fingerprint density at radius 3 is 2.26 bits per heavy atom. The van der Waals surface area contributed by atoms with Crippen LogP contribution in [-0.2, 0) is 16.2 Å². The smallest absolute Gasteiger partial charge is 0.324 e. The average molecular weight is 255 g/mol. The van der Waals surface area contributed by atoms with Gasteiger partial charge >= 0.3 is 5.97 Å². The largest absolute Gasteiger partial charge is 0.370 e. The van der Waals surface area contributed by atoms with Crippen molar-refractivity contribution in [3.8, 4) is 11.1 Å². The summed E-state index contributed by atoms with van der Waals surface area (Å²) in [6.07, 6.45) is 0.375. The number of hydrogen-bond acceptors (Lipinski definition) is 3. The molecular weight excluding hydrogens is 238 g/mol. The molecule has 2 rings (SSSR count). The predicted molar refractivity (Wildman–Crippen MR) is 75.1 cm³/mol. The Bertz CT molecular complexity index is 520. The molecule has 0 saturated carbocycles. The summed E-state index contributed by atoms with van der Waals surface area (Å²) in [5.41, 5.74) is 6.10. The summed E-state index contributed by atoms with van der Waals surface area (Å²) in [6, 6.07) is 18.4. The SMILES string of the molecule is CCC(=O)ONCc1ccc(-c2ccccc2)cc1. The normalized spacial score (nSPS) is 10.2. The maximum absolute atomic E-state index is 11.0. The molecule has 0 spiro atoms. The van der Waals surface area contributed by atoms with Crippen LogP contribution in [0.2, 0.25) is 0 Å². The summed E-state index contributed by atoms with van der Waals surface area (Å²) >= 11 is 0. The number of carbonyl (C=O) groups excluding carboxylic acids is 1. The molecule has 3 nitrogen and oxygen atoms in total. The van der Waals surface area contributed by atoms with Gasteiger partial charge in [0, 0.05) is 6.42 Å². The topological polar surface area (TPSA) is 38.3 Å². The van der Waals surface area contributed by atoms with Gasteiger partial charge in [-0.3, -0.25) is 4.79 Å². The Morgan fingerprint density at radius 1 is 1.00 bits per heavy atom. The molecule has 0 saturated heterocycles. The number of hydrogen-bond donors (Lipinski definition) is 1. The van der Waals surface area contributed by atoms with Gasteiger partial charge in [-0.2, -0.15) is 0 Å². The summed E-state index contributed by atoms with van der Waals surface area (Å²) in [4.78, 5) is 15.8. The zero-order valence-electron chi connectivity index (χ0n) is 10.9. The van der Waals surface area contributed by atoms with Crippen LogP contribution in [-0.4, -0.2) is 5.97 Å². The Labute approximate surface area is 113 Å².